The Balaban J connectivity index is 1.45. The molecule has 27 heavy (non-hydrogen) atoms. The highest BCUT2D eigenvalue weighted by molar-refractivity contribution is 6.31. The van der Waals surface area contributed by atoms with Gasteiger partial charge in [-0.25, -0.2) is 0 Å². The van der Waals surface area contributed by atoms with Gasteiger partial charge in [0.1, 0.15) is 0 Å². The molecular formula is C20H21ClN6. The van der Waals surface area contributed by atoms with E-state index in [1.54, 1.807) is 6.20 Å². The van der Waals surface area contributed by atoms with Gasteiger partial charge >= 0.3 is 0 Å². The number of anilines is 4. The molecule has 0 radical (unpaired) electrons. The van der Waals surface area contributed by atoms with E-state index in [2.05, 4.69) is 54.6 Å². The quantitative estimate of drug-likeness (QED) is 0.740. The molecule has 1 aliphatic rings. The van der Waals surface area contributed by atoms with Crippen LogP contribution in [0.5, 0.6) is 0 Å². The fraction of sp³-hybridized carbons (Fsp3) is 0.250. The zero-order valence-corrected chi connectivity index (χ0v) is 15.9. The second kappa shape index (κ2) is 7.80. The molecular weight excluding hydrogens is 360 g/mol. The van der Waals surface area contributed by atoms with E-state index in [-0.39, 0.29) is 0 Å². The molecule has 0 bridgehead atoms. The Kier molecular flexibility index (Phi) is 5.07. The van der Waals surface area contributed by atoms with Crippen molar-refractivity contribution in [3.05, 3.63) is 65.3 Å². The lowest BCUT2D eigenvalue weighted by Crippen LogP contribution is -2.46. The highest BCUT2D eigenvalue weighted by Gasteiger charge is 2.19. The SMILES string of the molecule is Cc1c(Cl)cccc1Nc1nncc(N2CCN(c3ccccc3)CC2)n1. The van der Waals surface area contributed by atoms with E-state index in [0.29, 0.717) is 11.0 Å². The molecule has 1 aromatic heterocycles. The average Bonchev–Trinajstić information content (AvgIpc) is 2.72. The fourth-order valence-electron chi connectivity index (χ4n) is 3.20. The zero-order chi connectivity index (χ0) is 18.6. The molecule has 0 amide bonds. The largest absolute Gasteiger partial charge is 0.368 e. The second-order valence-electron chi connectivity index (χ2n) is 6.49. The van der Waals surface area contributed by atoms with Crippen molar-refractivity contribution in [2.45, 2.75) is 6.92 Å². The summed E-state index contributed by atoms with van der Waals surface area (Å²) in [5.74, 6) is 1.31. The normalized spacial score (nSPS) is 14.3. The minimum absolute atomic E-state index is 0.475. The van der Waals surface area contributed by atoms with Crippen molar-refractivity contribution in [1.29, 1.82) is 0 Å². The number of nitrogens with one attached hydrogen (secondary N) is 1. The molecule has 1 fully saturated rings. The Labute approximate surface area is 163 Å². The predicted molar refractivity (Wildman–Crippen MR) is 110 cm³/mol. The standard InChI is InChI=1S/C20H21ClN6/c1-15-17(21)8-5-9-18(15)23-20-24-19(14-22-25-20)27-12-10-26(11-13-27)16-6-3-2-4-7-16/h2-9,14H,10-13H2,1H3,(H,23,24,25). The van der Waals surface area contributed by atoms with Crippen LogP contribution in [0.25, 0.3) is 0 Å². The summed E-state index contributed by atoms with van der Waals surface area (Å²) in [6, 6.07) is 16.2. The van der Waals surface area contributed by atoms with Crippen molar-refractivity contribution < 1.29 is 0 Å². The maximum absolute atomic E-state index is 6.19. The minimum Gasteiger partial charge on any atom is -0.368 e. The van der Waals surface area contributed by atoms with Crippen LogP contribution in [0.2, 0.25) is 5.02 Å². The third-order valence-electron chi connectivity index (χ3n) is 4.79. The Bertz CT molecular complexity index is 909. The molecule has 1 N–H and O–H groups in total. The van der Waals surface area contributed by atoms with E-state index in [9.17, 15) is 0 Å². The number of halogens is 1. The van der Waals surface area contributed by atoms with Gasteiger partial charge in [0.2, 0.25) is 5.95 Å². The number of hydrogen-bond donors (Lipinski definition) is 1. The summed E-state index contributed by atoms with van der Waals surface area (Å²) in [5.41, 5.74) is 3.11. The summed E-state index contributed by atoms with van der Waals surface area (Å²) in [5, 5.41) is 12.2. The van der Waals surface area contributed by atoms with Crippen molar-refractivity contribution in [1.82, 2.24) is 15.2 Å². The molecule has 1 saturated heterocycles. The third-order valence-corrected chi connectivity index (χ3v) is 5.19. The van der Waals surface area contributed by atoms with E-state index in [0.717, 1.165) is 43.2 Å². The Morgan fingerprint density at radius 2 is 1.67 bits per heavy atom. The highest BCUT2D eigenvalue weighted by Crippen LogP contribution is 2.25. The van der Waals surface area contributed by atoms with Gasteiger partial charge in [0.15, 0.2) is 5.82 Å². The lowest BCUT2D eigenvalue weighted by atomic mass is 10.2. The van der Waals surface area contributed by atoms with Crippen LogP contribution in [0.4, 0.5) is 23.1 Å². The molecule has 138 valence electrons. The van der Waals surface area contributed by atoms with Gasteiger partial charge in [-0.3, -0.25) is 0 Å². The van der Waals surface area contributed by atoms with E-state index >= 15 is 0 Å². The van der Waals surface area contributed by atoms with Crippen molar-refractivity contribution in [3.63, 3.8) is 0 Å². The first-order valence-electron chi connectivity index (χ1n) is 8.97. The first kappa shape index (κ1) is 17.5. The molecule has 0 atom stereocenters. The zero-order valence-electron chi connectivity index (χ0n) is 15.1. The predicted octanol–water partition coefficient (Wildman–Crippen LogP) is 3.90. The molecule has 7 heteroatoms. The summed E-state index contributed by atoms with van der Waals surface area (Å²) in [4.78, 5) is 9.27. The summed E-state index contributed by atoms with van der Waals surface area (Å²) in [7, 11) is 0. The molecule has 0 saturated carbocycles. The average molecular weight is 381 g/mol. The maximum Gasteiger partial charge on any atom is 0.249 e. The number of hydrogen-bond acceptors (Lipinski definition) is 6. The highest BCUT2D eigenvalue weighted by atomic mass is 35.5. The lowest BCUT2D eigenvalue weighted by molar-refractivity contribution is 0.645. The summed E-state index contributed by atoms with van der Waals surface area (Å²) < 4.78 is 0. The van der Waals surface area contributed by atoms with E-state index < -0.39 is 0 Å². The molecule has 3 aromatic rings. The Morgan fingerprint density at radius 3 is 2.44 bits per heavy atom. The second-order valence-corrected chi connectivity index (χ2v) is 6.89. The number of para-hydroxylation sites is 1. The Morgan fingerprint density at radius 1 is 0.926 bits per heavy atom. The van der Waals surface area contributed by atoms with Gasteiger partial charge in [0.25, 0.3) is 0 Å². The van der Waals surface area contributed by atoms with Crippen LogP contribution in [-0.4, -0.2) is 41.4 Å². The van der Waals surface area contributed by atoms with Crippen molar-refractivity contribution >= 4 is 34.7 Å². The molecule has 2 heterocycles. The minimum atomic E-state index is 0.475. The molecule has 0 unspecified atom stereocenters. The van der Waals surface area contributed by atoms with Crippen molar-refractivity contribution in [2.75, 3.05) is 41.3 Å². The van der Waals surface area contributed by atoms with Gasteiger partial charge in [0.05, 0.1) is 6.20 Å². The number of aromatic nitrogens is 3. The summed E-state index contributed by atoms with van der Waals surface area (Å²) >= 11 is 6.19. The van der Waals surface area contributed by atoms with Gasteiger partial charge in [-0.1, -0.05) is 35.9 Å². The Hall–Kier alpha value is -2.86. The van der Waals surface area contributed by atoms with Crippen molar-refractivity contribution in [2.24, 2.45) is 0 Å². The molecule has 0 aliphatic carbocycles. The molecule has 4 rings (SSSR count). The lowest BCUT2D eigenvalue weighted by Gasteiger charge is -2.36. The number of benzene rings is 2. The number of rotatable bonds is 4. The molecule has 6 nitrogen and oxygen atoms in total. The van der Waals surface area contributed by atoms with Crippen LogP contribution in [0.3, 0.4) is 0 Å². The fourth-order valence-corrected chi connectivity index (χ4v) is 3.37. The maximum atomic E-state index is 6.19. The third kappa shape index (κ3) is 3.95. The van der Waals surface area contributed by atoms with Crippen LogP contribution in [-0.2, 0) is 0 Å². The first-order chi connectivity index (χ1) is 13.2. The van der Waals surface area contributed by atoms with Crippen LogP contribution in [0, 0.1) is 6.92 Å². The molecule has 0 spiro atoms. The van der Waals surface area contributed by atoms with Gasteiger partial charge < -0.3 is 15.1 Å². The van der Waals surface area contributed by atoms with Gasteiger partial charge in [0, 0.05) is 42.6 Å². The van der Waals surface area contributed by atoms with E-state index in [1.165, 1.54) is 5.69 Å². The molecule has 1 aliphatic heterocycles. The van der Waals surface area contributed by atoms with E-state index in [4.69, 9.17) is 11.6 Å². The smallest absolute Gasteiger partial charge is 0.249 e. The van der Waals surface area contributed by atoms with E-state index in [1.807, 2.05) is 31.2 Å². The summed E-state index contributed by atoms with van der Waals surface area (Å²) in [6.07, 6.45) is 1.72. The monoisotopic (exact) mass is 380 g/mol. The molecule has 2 aromatic carbocycles. The van der Waals surface area contributed by atoms with Gasteiger partial charge in [-0.05, 0) is 36.8 Å². The number of piperazine rings is 1. The van der Waals surface area contributed by atoms with Crippen LogP contribution in [0.1, 0.15) is 5.56 Å². The van der Waals surface area contributed by atoms with Gasteiger partial charge in [-0.2, -0.15) is 10.1 Å². The van der Waals surface area contributed by atoms with Crippen LogP contribution >= 0.6 is 11.6 Å². The number of nitrogens with zero attached hydrogens (tertiary/aromatic N) is 5. The van der Waals surface area contributed by atoms with Crippen LogP contribution < -0.4 is 15.1 Å². The topological polar surface area (TPSA) is 57.2 Å². The van der Waals surface area contributed by atoms with Gasteiger partial charge in [-0.15, -0.1) is 5.10 Å². The van der Waals surface area contributed by atoms with Crippen LogP contribution in [0.15, 0.2) is 54.7 Å². The first-order valence-corrected chi connectivity index (χ1v) is 9.35. The van der Waals surface area contributed by atoms with Crippen molar-refractivity contribution in [3.8, 4) is 0 Å². The summed E-state index contributed by atoms with van der Waals surface area (Å²) in [6.45, 7) is 5.64.